The van der Waals surface area contributed by atoms with Crippen LogP contribution in [-0.2, 0) is 9.59 Å². The Morgan fingerprint density at radius 2 is 1.47 bits per heavy atom. The van der Waals surface area contributed by atoms with Gasteiger partial charge in [-0.2, -0.15) is 0 Å². The highest BCUT2D eigenvalue weighted by atomic mass is 16.2. The summed E-state index contributed by atoms with van der Waals surface area (Å²) in [5.74, 6) is -0.244. The normalized spacial score (nSPS) is 31.3. The molecule has 2 saturated heterocycles. The van der Waals surface area contributed by atoms with Crippen molar-refractivity contribution in [3.63, 3.8) is 0 Å². The zero-order valence-corrected chi connectivity index (χ0v) is 10.8. The van der Waals surface area contributed by atoms with E-state index in [2.05, 4.69) is 4.90 Å². The summed E-state index contributed by atoms with van der Waals surface area (Å²) in [5, 5.41) is 0. The number of carbonyl (C=O) groups is 2. The minimum absolute atomic E-state index is 0.0134. The van der Waals surface area contributed by atoms with Crippen molar-refractivity contribution < 1.29 is 9.59 Å². The van der Waals surface area contributed by atoms with E-state index >= 15 is 0 Å². The Labute approximate surface area is 103 Å². The van der Waals surface area contributed by atoms with Crippen molar-refractivity contribution in [3.05, 3.63) is 0 Å². The van der Waals surface area contributed by atoms with Gasteiger partial charge >= 0.3 is 0 Å². The number of rotatable bonds is 3. The fraction of sp³-hybridized carbons (Fsp3) is 0.846. The van der Waals surface area contributed by atoms with Gasteiger partial charge < -0.3 is 4.90 Å². The van der Waals surface area contributed by atoms with Crippen LogP contribution in [0.25, 0.3) is 0 Å². The van der Waals surface area contributed by atoms with Crippen molar-refractivity contribution >= 4 is 11.8 Å². The van der Waals surface area contributed by atoms with Crippen LogP contribution in [0.2, 0.25) is 0 Å². The smallest absolute Gasteiger partial charge is 0.232 e. The Bertz CT molecular complexity index is 291. The molecule has 2 heterocycles. The van der Waals surface area contributed by atoms with E-state index in [0.717, 1.165) is 19.6 Å². The Hall–Kier alpha value is -0.900. The lowest BCUT2D eigenvalue weighted by molar-refractivity contribution is -0.140. The number of likely N-dealkylation sites (tertiary alicyclic amines) is 2. The highest BCUT2D eigenvalue weighted by Crippen LogP contribution is 2.25. The van der Waals surface area contributed by atoms with E-state index in [1.54, 1.807) is 0 Å². The van der Waals surface area contributed by atoms with Crippen molar-refractivity contribution in [2.24, 2.45) is 11.8 Å². The van der Waals surface area contributed by atoms with E-state index in [-0.39, 0.29) is 23.7 Å². The molecule has 0 aromatic heterocycles. The Morgan fingerprint density at radius 3 is 2.00 bits per heavy atom. The van der Waals surface area contributed by atoms with Crippen LogP contribution in [0.15, 0.2) is 0 Å². The lowest BCUT2D eigenvalue weighted by Gasteiger charge is -2.28. The second-order valence-electron chi connectivity index (χ2n) is 5.31. The number of piperidine rings is 1. The minimum atomic E-state index is -0.135. The molecule has 2 fully saturated rings. The third-order valence-corrected chi connectivity index (χ3v) is 4.15. The number of imide groups is 1. The maximum atomic E-state index is 11.9. The van der Waals surface area contributed by atoms with Gasteiger partial charge in [-0.05, 0) is 25.9 Å². The molecule has 0 aliphatic carbocycles. The fourth-order valence-corrected chi connectivity index (χ4v) is 2.67. The average molecular weight is 238 g/mol. The predicted molar refractivity (Wildman–Crippen MR) is 65.3 cm³/mol. The SMILES string of the molecule is C[C@@H]1C(=O)N(CCN2CCCCC2)C(=O)[C@H]1C. The minimum Gasteiger partial charge on any atom is -0.302 e. The van der Waals surface area contributed by atoms with E-state index < -0.39 is 0 Å². The fourth-order valence-electron chi connectivity index (χ4n) is 2.67. The average Bonchev–Trinajstić information content (AvgIpc) is 2.54. The van der Waals surface area contributed by atoms with Gasteiger partial charge in [0.05, 0.1) is 0 Å². The highest BCUT2D eigenvalue weighted by Gasteiger charge is 2.41. The molecule has 96 valence electrons. The molecule has 2 aliphatic heterocycles. The van der Waals surface area contributed by atoms with E-state index in [4.69, 9.17) is 0 Å². The zero-order chi connectivity index (χ0) is 12.4. The summed E-state index contributed by atoms with van der Waals surface area (Å²) in [5.41, 5.74) is 0. The molecule has 0 bridgehead atoms. The summed E-state index contributed by atoms with van der Waals surface area (Å²) in [6.07, 6.45) is 3.80. The summed E-state index contributed by atoms with van der Waals surface area (Å²) in [7, 11) is 0. The molecule has 0 N–H and O–H groups in total. The molecule has 2 atom stereocenters. The van der Waals surface area contributed by atoms with Gasteiger partial charge in [0, 0.05) is 24.9 Å². The maximum Gasteiger partial charge on any atom is 0.232 e. The number of carbonyl (C=O) groups excluding carboxylic acids is 2. The first-order valence-corrected chi connectivity index (χ1v) is 6.69. The van der Waals surface area contributed by atoms with Crippen LogP contribution in [-0.4, -0.2) is 47.8 Å². The summed E-state index contributed by atoms with van der Waals surface area (Å²) in [6.45, 7) is 7.35. The quantitative estimate of drug-likeness (QED) is 0.692. The monoisotopic (exact) mass is 238 g/mol. The second-order valence-corrected chi connectivity index (χ2v) is 5.31. The van der Waals surface area contributed by atoms with Crippen LogP contribution >= 0.6 is 0 Å². The number of hydrogen-bond acceptors (Lipinski definition) is 3. The molecule has 0 unspecified atom stereocenters. The van der Waals surface area contributed by atoms with Gasteiger partial charge in [0.15, 0.2) is 0 Å². The largest absolute Gasteiger partial charge is 0.302 e. The van der Waals surface area contributed by atoms with Crippen LogP contribution < -0.4 is 0 Å². The molecule has 4 nitrogen and oxygen atoms in total. The summed E-state index contributed by atoms with van der Waals surface area (Å²) in [4.78, 5) is 27.6. The van der Waals surface area contributed by atoms with Gasteiger partial charge in [-0.1, -0.05) is 20.3 Å². The lowest BCUT2D eigenvalue weighted by Crippen LogP contribution is -2.40. The molecule has 0 aromatic rings. The van der Waals surface area contributed by atoms with E-state index in [1.165, 1.54) is 24.2 Å². The van der Waals surface area contributed by atoms with Gasteiger partial charge in [0.25, 0.3) is 0 Å². The topological polar surface area (TPSA) is 40.6 Å². The van der Waals surface area contributed by atoms with Crippen molar-refractivity contribution in [1.29, 1.82) is 0 Å². The molecule has 2 amide bonds. The van der Waals surface area contributed by atoms with Crippen LogP contribution in [0.1, 0.15) is 33.1 Å². The lowest BCUT2D eigenvalue weighted by atomic mass is 10.00. The van der Waals surface area contributed by atoms with Crippen molar-refractivity contribution in [2.45, 2.75) is 33.1 Å². The van der Waals surface area contributed by atoms with Crippen LogP contribution in [0, 0.1) is 11.8 Å². The third kappa shape index (κ3) is 2.51. The highest BCUT2D eigenvalue weighted by molar-refractivity contribution is 6.04. The Morgan fingerprint density at radius 1 is 0.941 bits per heavy atom. The van der Waals surface area contributed by atoms with Crippen molar-refractivity contribution in [3.8, 4) is 0 Å². The first-order chi connectivity index (χ1) is 8.11. The van der Waals surface area contributed by atoms with Crippen LogP contribution in [0.4, 0.5) is 0 Å². The van der Waals surface area contributed by atoms with Crippen LogP contribution in [0.5, 0.6) is 0 Å². The molecule has 0 saturated carbocycles. The van der Waals surface area contributed by atoms with Gasteiger partial charge in [0.1, 0.15) is 0 Å². The maximum absolute atomic E-state index is 11.9. The van der Waals surface area contributed by atoms with Gasteiger partial charge in [-0.3, -0.25) is 14.5 Å². The summed E-state index contributed by atoms with van der Waals surface area (Å²) >= 11 is 0. The predicted octanol–water partition coefficient (Wildman–Crippen LogP) is 1.11. The van der Waals surface area contributed by atoms with Gasteiger partial charge in [-0.25, -0.2) is 0 Å². The first-order valence-electron chi connectivity index (χ1n) is 6.69. The molecule has 4 heteroatoms. The van der Waals surface area contributed by atoms with E-state index in [0.29, 0.717) is 6.54 Å². The molecule has 0 spiro atoms. The van der Waals surface area contributed by atoms with Gasteiger partial charge in [0.2, 0.25) is 11.8 Å². The molecule has 17 heavy (non-hydrogen) atoms. The van der Waals surface area contributed by atoms with Gasteiger partial charge in [-0.15, -0.1) is 0 Å². The Kier molecular flexibility index (Phi) is 3.82. The second kappa shape index (κ2) is 5.17. The number of hydrogen-bond donors (Lipinski definition) is 0. The summed E-state index contributed by atoms with van der Waals surface area (Å²) < 4.78 is 0. The number of amides is 2. The molecule has 0 aromatic carbocycles. The van der Waals surface area contributed by atoms with Crippen LogP contribution in [0.3, 0.4) is 0 Å². The van der Waals surface area contributed by atoms with Crippen molar-refractivity contribution in [1.82, 2.24) is 9.80 Å². The molecule has 2 rings (SSSR count). The van der Waals surface area contributed by atoms with E-state index in [1.807, 2.05) is 13.8 Å². The summed E-state index contributed by atoms with van der Waals surface area (Å²) in [6, 6.07) is 0. The number of nitrogens with zero attached hydrogens (tertiary/aromatic N) is 2. The zero-order valence-electron chi connectivity index (χ0n) is 10.8. The molecular formula is C13H22N2O2. The molecule has 2 aliphatic rings. The Balaban J connectivity index is 1.86. The van der Waals surface area contributed by atoms with E-state index in [9.17, 15) is 9.59 Å². The standard InChI is InChI=1S/C13H22N2O2/c1-10-11(2)13(17)15(12(10)16)9-8-14-6-4-3-5-7-14/h10-11H,3-9H2,1-2H3/t10-,11-/m0/s1. The van der Waals surface area contributed by atoms with Crippen molar-refractivity contribution in [2.75, 3.05) is 26.2 Å². The molecule has 0 radical (unpaired) electrons. The third-order valence-electron chi connectivity index (χ3n) is 4.15. The first kappa shape index (κ1) is 12.6. The molecular weight excluding hydrogens is 216 g/mol.